The van der Waals surface area contributed by atoms with Crippen molar-refractivity contribution in [1.29, 1.82) is 0 Å². The maximum absolute atomic E-state index is 5.38. The summed E-state index contributed by atoms with van der Waals surface area (Å²) in [5.74, 6) is 0.941. The molecule has 0 spiro atoms. The van der Waals surface area contributed by atoms with Crippen LogP contribution in [0.2, 0.25) is 0 Å². The first kappa shape index (κ1) is 14.9. The van der Waals surface area contributed by atoms with E-state index in [1.54, 1.807) is 0 Å². The van der Waals surface area contributed by atoms with Crippen molar-refractivity contribution in [3.63, 3.8) is 0 Å². The van der Waals surface area contributed by atoms with Crippen LogP contribution in [-0.4, -0.2) is 55.3 Å². The number of hydrogen-bond acceptors (Lipinski definition) is 5. The Kier molecular flexibility index (Phi) is 4.65. The standard InChI is InChI=1S/C17H22N4O/c1-20(2)17-15(4-3-7-18-17)16-6-5-14(12-19-16)13-21-8-10-22-11-9-21/h3-7,12H,8-11,13H2,1-2H3. The van der Waals surface area contributed by atoms with Crippen LogP contribution in [0, 0.1) is 0 Å². The van der Waals surface area contributed by atoms with Gasteiger partial charge in [0.15, 0.2) is 0 Å². The zero-order valence-electron chi connectivity index (χ0n) is 13.2. The molecule has 5 nitrogen and oxygen atoms in total. The van der Waals surface area contributed by atoms with E-state index in [1.807, 2.05) is 37.5 Å². The van der Waals surface area contributed by atoms with Crippen molar-refractivity contribution in [3.05, 3.63) is 42.2 Å². The summed E-state index contributed by atoms with van der Waals surface area (Å²) in [6.07, 6.45) is 3.78. The Morgan fingerprint density at radius 3 is 2.64 bits per heavy atom. The minimum atomic E-state index is 0.827. The number of morpholine rings is 1. The average molecular weight is 298 g/mol. The number of pyridine rings is 2. The number of ether oxygens (including phenoxy) is 1. The van der Waals surface area contributed by atoms with Crippen molar-refractivity contribution < 1.29 is 4.74 Å². The molecule has 1 aliphatic heterocycles. The van der Waals surface area contributed by atoms with Crippen LogP contribution < -0.4 is 4.90 Å². The van der Waals surface area contributed by atoms with Crippen LogP contribution in [0.5, 0.6) is 0 Å². The van der Waals surface area contributed by atoms with E-state index < -0.39 is 0 Å². The first-order chi connectivity index (χ1) is 10.7. The van der Waals surface area contributed by atoms with Gasteiger partial charge in [0.1, 0.15) is 5.82 Å². The SMILES string of the molecule is CN(C)c1ncccc1-c1ccc(CN2CCOCC2)cn1. The third-order valence-electron chi connectivity index (χ3n) is 3.82. The zero-order valence-corrected chi connectivity index (χ0v) is 13.2. The number of anilines is 1. The van der Waals surface area contributed by atoms with Gasteiger partial charge in [0, 0.05) is 51.7 Å². The van der Waals surface area contributed by atoms with Gasteiger partial charge in [0.25, 0.3) is 0 Å². The van der Waals surface area contributed by atoms with Gasteiger partial charge in [-0.15, -0.1) is 0 Å². The molecular formula is C17H22N4O. The lowest BCUT2D eigenvalue weighted by Gasteiger charge is -2.26. The predicted octanol–water partition coefficient (Wildman–Crippen LogP) is 2.04. The molecule has 22 heavy (non-hydrogen) atoms. The molecule has 2 aromatic rings. The fourth-order valence-corrected chi connectivity index (χ4v) is 2.65. The van der Waals surface area contributed by atoms with E-state index in [-0.39, 0.29) is 0 Å². The molecule has 3 rings (SSSR count). The molecule has 0 aromatic carbocycles. The predicted molar refractivity (Wildman–Crippen MR) is 87.9 cm³/mol. The van der Waals surface area contributed by atoms with E-state index in [0.717, 1.165) is 49.9 Å². The van der Waals surface area contributed by atoms with Gasteiger partial charge in [-0.3, -0.25) is 9.88 Å². The summed E-state index contributed by atoms with van der Waals surface area (Å²) in [5, 5.41) is 0. The summed E-state index contributed by atoms with van der Waals surface area (Å²) in [6.45, 7) is 4.58. The lowest BCUT2D eigenvalue weighted by molar-refractivity contribution is 0.0341. The van der Waals surface area contributed by atoms with Crippen LogP contribution >= 0.6 is 0 Å². The normalized spacial score (nSPS) is 15.7. The number of nitrogens with zero attached hydrogens (tertiary/aromatic N) is 4. The Morgan fingerprint density at radius 1 is 1.14 bits per heavy atom. The van der Waals surface area contributed by atoms with Gasteiger partial charge in [-0.25, -0.2) is 4.98 Å². The molecule has 0 radical (unpaired) electrons. The molecule has 5 heteroatoms. The monoisotopic (exact) mass is 298 g/mol. The summed E-state index contributed by atoms with van der Waals surface area (Å²) in [5.41, 5.74) is 3.26. The maximum atomic E-state index is 5.38. The summed E-state index contributed by atoms with van der Waals surface area (Å²) >= 11 is 0. The highest BCUT2D eigenvalue weighted by Gasteiger charge is 2.12. The summed E-state index contributed by atoms with van der Waals surface area (Å²) in [6, 6.07) is 8.25. The first-order valence-corrected chi connectivity index (χ1v) is 7.62. The van der Waals surface area contributed by atoms with Crippen molar-refractivity contribution in [1.82, 2.24) is 14.9 Å². The van der Waals surface area contributed by atoms with E-state index in [2.05, 4.69) is 33.1 Å². The fourth-order valence-electron chi connectivity index (χ4n) is 2.65. The molecule has 3 heterocycles. The molecule has 0 N–H and O–H groups in total. The molecule has 1 aliphatic rings. The van der Waals surface area contributed by atoms with Crippen LogP contribution in [0.4, 0.5) is 5.82 Å². The summed E-state index contributed by atoms with van der Waals surface area (Å²) < 4.78 is 5.38. The Morgan fingerprint density at radius 2 is 1.95 bits per heavy atom. The zero-order chi connectivity index (χ0) is 15.4. The Labute approximate surface area is 131 Å². The molecule has 0 saturated carbocycles. The van der Waals surface area contributed by atoms with E-state index in [1.165, 1.54) is 5.56 Å². The van der Waals surface area contributed by atoms with Crippen LogP contribution in [0.25, 0.3) is 11.3 Å². The fraction of sp³-hybridized carbons (Fsp3) is 0.412. The molecule has 2 aromatic heterocycles. The van der Waals surface area contributed by atoms with Crippen molar-refractivity contribution in [3.8, 4) is 11.3 Å². The third-order valence-corrected chi connectivity index (χ3v) is 3.82. The van der Waals surface area contributed by atoms with Gasteiger partial charge in [0.2, 0.25) is 0 Å². The number of rotatable bonds is 4. The van der Waals surface area contributed by atoms with Gasteiger partial charge in [-0.1, -0.05) is 6.07 Å². The smallest absolute Gasteiger partial charge is 0.137 e. The molecule has 0 bridgehead atoms. The van der Waals surface area contributed by atoms with Crippen LogP contribution in [-0.2, 0) is 11.3 Å². The second kappa shape index (κ2) is 6.85. The molecule has 0 atom stereocenters. The largest absolute Gasteiger partial charge is 0.379 e. The highest BCUT2D eigenvalue weighted by atomic mass is 16.5. The van der Waals surface area contributed by atoms with Gasteiger partial charge in [-0.05, 0) is 23.8 Å². The Hall–Kier alpha value is -1.98. The van der Waals surface area contributed by atoms with Crippen molar-refractivity contribution >= 4 is 5.82 Å². The lowest BCUT2D eigenvalue weighted by Crippen LogP contribution is -2.35. The molecule has 116 valence electrons. The molecule has 0 amide bonds. The second-order valence-corrected chi connectivity index (χ2v) is 5.71. The van der Waals surface area contributed by atoms with E-state index in [4.69, 9.17) is 4.74 Å². The van der Waals surface area contributed by atoms with Crippen molar-refractivity contribution in [2.45, 2.75) is 6.54 Å². The van der Waals surface area contributed by atoms with Gasteiger partial charge in [0.05, 0.1) is 18.9 Å². The van der Waals surface area contributed by atoms with Crippen LogP contribution in [0.1, 0.15) is 5.56 Å². The van der Waals surface area contributed by atoms with Crippen LogP contribution in [0.15, 0.2) is 36.7 Å². The topological polar surface area (TPSA) is 41.5 Å². The Bertz CT molecular complexity index is 606. The molecular weight excluding hydrogens is 276 g/mol. The lowest BCUT2D eigenvalue weighted by atomic mass is 10.1. The highest BCUT2D eigenvalue weighted by molar-refractivity contribution is 5.72. The van der Waals surface area contributed by atoms with E-state index >= 15 is 0 Å². The van der Waals surface area contributed by atoms with Crippen LogP contribution in [0.3, 0.4) is 0 Å². The van der Waals surface area contributed by atoms with Gasteiger partial charge in [-0.2, -0.15) is 0 Å². The number of aromatic nitrogens is 2. The maximum Gasteiger partial charge on any atom is 0.137 e. The minimum absolute atomic E-state index is 0.827. The minimum Gasteiger partial charge on any atom is -0.379 e. The van der Waals surface area contributed by atoms with E-state index in [9.17, 15) is 0 Å². The van der Waals surface area contributed by atoms with Crippen molar-refractivity contribution in [2.75, 3.05) is 45.3 Å². The van der Waals surface area contributed by atoms with Gasteiger partial charge < -0.3 is 9.64 Å². The third kappa shape index (κ3) is 3.43. The molecule has 1 saturated heterocycles. The first-order valence-electron chi connectivity index (χ1n) is 7.62. The van der Waals surface area contributed by atoms with Gasteiger partial charge >= 0.3 is 0 Å². The van der Waals surface area contributed by atoms with Crippen molar-refractivity contribution in [2.24, 2.45) is 0 Å². The van der Waals surface area contributed by atoms with E-state index in [0.29, 0.717) is 0 Å². The average Bonchev–Trinajstić information content (AvgIpc) is 2.56. The molecule has 1 fully saturated rings. The quantitative estimate of drug-likeness (QED) is 0.864. The highest BCUT2D eigenvalue weighted by Crippen LogP contribution is 2.26. The second-order valence-electron chi connectivity index (χ2n) is 5.71. The summed E-state index contributed by atoms with van der Waals surface area (Å²) in [7, 11) is 4.00. The molecule has 0 aliphatic carbocycles. The molecule has 0 unspecified atom stereocenters. The summed E-state index contributed by atoms with van der Waals surface area (Å²) in [4.78, 5) is 13.5. The number of hydrogen-bond donors (Lipinski definition) is 0. The Balaban J connectivity index is 1.76.